The largest absolute Gasteiger partial charge is 0.354 e. The van der Waals surface area contributed by atoms with Crippen LogP contribution in [-0.4, -0.2) is 41.0 Å². The van der Waals surface area contributed by atoms with Crippen molar-refractivity contribution in [1.82, 2.24) is 14.9 Å². The van der Waals surface area contributed by atoms with Crippen LogP contribution in [-0.2, 0) is 6.54 Å². The number of H-pyrrole nitrogens is 1. The number of hydrogen-bond donors (Lipinski definition) is 1. The van der Waals surface area contributed by atoms with Crippen molar-refractivity contribution in [3.05, 3.63) is 56.6 Å². The van der Waals surface area contributed by atoms with Gasteiger partial charge >= 0.3 is 0 Å². The first-order valence-corrected chi connectivity index (χ1v) is 7.83. The molecule has 1 fully saturated rings. The fraction of sp³-hybridized carbons (Fsp3) is 0.333. The SMILES string of the molecule is O=c1cc(N2CCN(Cc3ccc(Cl)c(Cl)c3)CC2)nc[nH]1. The number of nitrogens with zero attached hydrogens (tertiary/aromatic N) is 3. The molecule has 0 unspecified atom stereocenters. The highest BCUT2D eigenvalue weighted by molar-refractivity contribution is 6.42. The lowest BCUT2D eigenvalue weighted by Gasteiger charge is -2.35. The van der Waals surface area contributed by atoms with Crippen LogP contribution in [0.25, 0.3) is 0 Å². The van der Waals surface area contributed by atoms with Crippen molar-refractivity contribution < 1.29 is 0 Å². The third-order valence-corrected chi connectivity index (χ3v) is 4.49. The van der Waals surface area contributed by atoms with Crippen LogP contribution in [0.4, 0.5) is 5.82 Å². The zero-order valence-electron chi connectivity index (χ0n) is 11.9. The zero-order valence-corrected chi connectivity index (χ0v) is 13.4. The monoisotopic (exact) mass is 338 g/mol. The van der Waals surface area contributed by atoms with Gasteiger partial charge in [-0.3, -0.25) is 9.69 Å². The standard InChI is InChI=1S/C15H16Cl2N4O/c16-12-2-1-11(7-13(12)17)9-20-3-5-21(6-4-20)14-8-15(22)19-10-18-14/h1-2,7-8,10H,3-6,9H2,(H,18,19,22). The Balaban J connectivity index is 1.59. The molecule has 1 N–H and O–H groups in total. The first-order valence-electron chi connectivity index (χ1n) is 7.08. The van der Waals surface area contributed by atoms with Crippen molar-refractivity contribution in [3.8, 4) is 0 Å². The summed E-state index contributed by atoms with van der Waals surface area (Å²) < 4.78 is 0. The van der Waals surface area contributed by atoms with Gasteiger partial charge in [-0.1, -0.05) is 29.3 Å². The molecule has 1 aromatic heterocycles. The van der Waals surface area contributed by atoms with Crippen molar-refractivity contribution in [1.29, 1.82) is 0 Å². The second-order valence-electron chi connectivity index (χ2n) is 5.28. The highest BCUT2D eigenvalue weighted by Crippen LogP contribution is 2.23. The predicted octanol–water partition coefficient (Wildman–Crippen LogP) is 2.40. The highest BCUT2D eigenvalue weighted by Gasteiger charge is 2.18. The maximum absolute atomic E-state index is 11.3. The maximum atomic E-state index is 11.3. The van der Waals surface area contributed by atoms with Gasteiger partial charge in [0.1, 0.15) is 5.82 Å². The van der Waals surface area contributed by atoms with Crippen molar-refractivity contribution in [3.63, 3.8) is 0 Å². The molecule has 3 rings (SSSR count). The van der Waals surface area contributed by atoms with Crippen molar-refractivity contribution in [2.24, 2.45) is 0 Å². The normalized spacial score (nSPS) is 16.0. The molecule has 2 aromatic rings. The summed E-state index contributed by atoms with van der Waals surface area (Å²) in [7, 11) is 0. The summed E-state index contributed by atoms with van der Waals surface area (Å²) in [5, 5.41) is 1.17. The van der Waals surface area contributed by atoms with Crippen LogP contribution in [0.5, 0.6) is 0 Å². The molecule has 7 heteroatoms. The lowest BCUT2D eigenvalue weighted by Crippen LogP contribution is -2.46. The Hall–Kier alpha value is -1.56. The van der Waals surface area contributed by atoms with Gasteiger partial charge in [0, 0.05) is 38.8 Å². The first kappa shape index (κ1) is 15.3. The molecular weight excluding hydrogens is 323 g/mol. The fourth-order valence-electron chi connectivity index (χ4n) is 2.56. The average Bonchev–Trinajstić information content (AvgIpc) is 2.52. The van der Waals surface area contributed by atoms with E-state index < -0.39 is 0 Å². The molecule has 0 aliphatic carbocycles. The van der Waals surface area contributed by atoms with Crippen LogP contribution in [0.2, 0.25) is 10.0 Å². The molecule has 116 valence electrons. The molecule has 2 heterocycles. The number of aromatic nitrogens is 2. The van der Waals surface area contributed by atoms with Gasteiger partial charge in [-0.15, -0.1) is 0 Å². The number of nitrogens with one attached hydrogen (secondary N) is 1. The van der Waals surface area contributed by atoms with E-state index in [-0.39, 0.29) is 5.56 Å². The van der Waals surface area contributed by atoms with Gasteiger partial charge in [0.05, 0.1) is 16.4 Å². The van der Waals surface area contributed by atoms with Crippen LogP contribution < -0.4 is 10.5 Å². The number of benzene rings is 1. The number of hydrogen-bond acceptors (Lipinski definition) is 4. The summed E-state index contributed by atoms with van der Waals surface area (Å²) in [6.07, 6.45) is 1.44. The first-order chi connectivity index (χ1) is 10.6. The molecule has 1 aliphatic heterocycles. The van der Waals surface area contributed by atoms with Crippen molar-refractivity contribution >= 4 is 29.0 Å². The van der Waals surface area contributed by atoms with Crippen LogP contribution in [0, 0.1) is 0 Å². The van der Waals surface area contributed by atoms with Gasteiger partial charge in [-0.2, -0.15) is 0 Å². The Labute approximate surface area is 138 Å². The molecule has 0 amide bonds. The summed E-state index contributed by atoms with van der Waals surface area (Å²) in [6, 6.07) is 7.28. The van der Waals surface area contributed by atoms with Crippen LogP contribution in [0.15, 0.2) is 35.4 Å². The van der Waals surface area contributed by atoms with E-state index in [4.69, 9.17) is 23.2 Å². The third kappa shape index (κ3) is 3.61. The number of aromatic amines is 1. The second kappa shape index (κ2) is 6.69. The van der Waals surface area contributed by atoms with E-state index >= 15 is 0 Å². The van der Waals surface area contributed by atoms with E-state index in [9.17, 15) is 4.79 Å². The molecule has 0 radical (unpaired) electrons. The molecule has 1 saturated heterocycles. The van der Waals surface area contributed by atoms with E-state index in [2.05, 4.69) is 19.8 Å². The van der Waals surface area contributed by atoms with Crippen LogP contribution in [0.3, 0.4) is 0 Å². The van der Waals surface area contributed by atoms with E-state index in [1.165, 1.54) is 12.4 Å². The average molecular weight is 339 g/mol. The Morgan fingerprint density at radius 3 is 2.55 bits per heavy atom. The molecule has 5 nitrogen and oxygen atoms in total. The lowest BCUT2D eigenvalue weighted by molar-refractivity contribution is 0.249. The van der Waals surface area contributed by atoms with Gasteiger partial charge in [-0.25, -0.2) is 4.98 Å². The van der Waals surface area contributed by atoms with Gasteiger partial charge in [-0.05, 0) is 17.7 Å². The Bertz CT molecular complexity index is 711. The van der Waals surface area contributed by atoms with E-state index in [0.29, 0.717) is 10.0 Å². The Morgan fingerprint density at radius 2 is 1.86 bits per heavy atom. The molecular formula is C15H16Cl2N4O. The number of anilines is 1. The molecule has 22 heavy (non-hydrogen) atoms. The van der Waals surface area contributed by atoms with Gasteiger partial charge in [0.2, 0.25) is 0 Å². The minimum Gasteiger partial charge on any atom is -0.354 e. The quantitative estimate of drug-likeness (QED) is 0.933. The highest BCUT2D eigenvalue weighted by atomic mass is 35.5. The molecule has 1 aromatic carbocycles. The summed E-state index contributed by atoms with van der Waals surface area (Å²) in [5.74, 6) is 0.734. The molecule has 1 aliphatic rings. The smallest absolute Gasteiger partial charge is 0.252 e. The summed E-state index contributed by atoms with van der Waals surface area (Å²) >= 11 is 12.0. The maximum Gasteiger partial charge on any atom is 0.252 e. The molecule has 0 saturated carbocycles. The second-order valence-corrected chi connectivity index (χ2v) is 6.10. The Morgan fingerprint density at radius 1 is 1.09 bits per heavy atom. The van der Waals surface area contributed by atoms with Crippen LogP contribution in [0.1, 0.15) is 5.56 Å². The number of piperazine rings is 1. The van der Waals surface area contributed by atoms with Gasteiger partial charge in [0.25, 0.3) is 5.56 Å². The lowest BCUT2D eigenvalue weighted by atomic mass is 10.2. The van der Waals surface area contributed by atoms with Crippen molar-refractivity contribution in [2.45, 2.75) is 6.54 Å². The predicted molar refractivity (Wildman–Crippen MR) is 88.8 cm³/mol. The molecule has 0 atom stereocenters. The molecule has 0 spiro atoms. The Kier molecular flexibility index (Phi) is 4.66. The molecule has 0 bridgehead atoms. The van der Waals surface area contributed by atoms with E-state index in [1.54, 1.807) is 0 Å². The summed E-state index contributed by atoms with van der Waals surface area (Å²) in [5.41, 5.74) is 1.03. The van der Waals surface area contributed by atoms with E-state index in [0.717, 1.165) is 44.1 Å². The topological polar surface area (TPSA) is 52.2 Å². The number of halogens is 2. The summed E-state index contributed by atoms with van der Waals surface area (Å²) in [6.45, 7) is 4.35. The third-order valence-electron chi connectivity index (χ3n) is 3.75. The van der Waals surface area contributed by atoms with E-state index in [1.807, 2.05) is 18.2 Å². The summed E-state index contributed by atoms with van der Waals surface area (Å²) in [4.78, 5) is 22.6. The van der Waals surface area contributed by atoms with Gasteiger partial charge in [0.15, 0.2) is 0 Å². The van der Waals surface area contributed by atoms with Crippen LogP contribution >= 0.6 is 23.2 Å². The zero-order chi connectivity index (χ0) is 15.5. The van der Waals surface area contributed by atoms with Crippen molar-refractivity contribution in [2.75, 3.05) is 31.1 Å². The minimum atomic E-state index is -0.122. The van der Waals surface area contributed by atoms with Gasteiger partial charge < -0.3 is 9.88 Å². The minimum absolute atomic E-state index is 0.122. The fourth-order valence-corrected chi connectivity index (χ4v) is 2.88. The number of rotatable bonds is 3.